The number of halogens is 3. The third-order valence-electron chi connectivity index (χ3n) is 3.49. The Labute approximate surface area is 138 Å². The number of esters is 1. The zero-order valence-electron chi connectivity index (χ0n) is 13.3. The van der Waals surface area contributed by atoms with E-state index < -0.39 is 23.8 Å². The van der Waals surface area contributed by atoms with Gasteiger partial charge in [-0.25, -0.2) is 0 Å². The Bertz CT molecular complexity index is 717. The first-order valence-corrected chi connectivity index (χ1v) is 7.39. The summed E-state index contributed by atoms with van der Waals surface area (Å²) < 4.78 is 43.4. The van der Waals surface area contributed by atoms with E-state index in [1.54, 1.807) is 49.4 Å². The first-order valence-electron chi connectivity index (χ1n) is 7.39. The molecule has 5 heteroatoms. The Balaban J connectivity index is 2.27. The fourth-order valence-corrected chi connectivity index (χ4v) is 2.11. The van der Waals surface area contributed by atoms with Gasteiger partial charge in [-0.05, 0) is 19.4 Å². The highest BCUT2D eigenvalue weighted by atomic mass is 19.4. The Morgan fingerprint density at radius 2 is 1.62 bits per heavy atom. The number of ether oxygens (including phenoxy) is 1. The molecule has 0 heterocycles. The van der Waals surface area contributed by atoms with Crippen LogP contribution in [0.5, 0.6) is 0 Å². The summed E-state index contributed by atoms with van der Waals surface area (Å²) in [4.78, 5) is 12.2. The minimum absolute atomic E-state index is 0.00722. The lowest BCUT2D eigenvalue weighted by atomic mass is 10.0. The van der Waals surface area contributed by atoms with Crippen LogP contribution in [0.3, 0.4) is 0 Å². The summed E-state index contributed by atoms with van der Waals surface area (Å²) in [6, 6.07) is 15.1. The fourth-order valence-electron chi connectivity index (χ4n) is 2.11. The standard InChI is InChI=1S/C19H17F3O2/c1-13-8-10-16(11-9-13)17(12-19(20,21)22)24-18(23)14(2)15-6-4-3-5-7-15/h3-12,14H,1-2H3/b17-12+. The van der Waals surface area contributed by atoms with E-state index in [9.17, 15) is 18.0 Å². The molecule has 0 spiro atoms. The summed E-state index contributed by atoms with van der Waals surface area (Å²) in [7, 11) is 0. The molecule has 1 unspecified atom stereocenters. The summed E-state index contributed by atoms with van der Waals surface area (Å²) in [5.74, 6) is -1.92. The van der Waals surface area contributed by atoms with Crippen molar-refractivity contribution in [2.45, 2.75) is 25.9 Å². The van der Waals surface area contributed by atoms with E-state index >= 15 is 0 Å². The molecule has 2 aromatic rings. The molecule has 0 amide bonds. The molecule has 0 aliphatic heterocycles. The van der Waals surface area contributed by atoms with Crippen LogP contribution < -0.4 is 0 Å². The van der Waals surface area contributed by atoms with Crippen LogP contribution in [-0.2, 0) is 9.53 Å². The number of aryl methyl sites for hydroxylation is 1. The van der Waals surface area contributed by atoms with Gasteiger partial charge < -0.3 is 4.74 Å². The molecular weight excluding hydrogens is 317 g/mol. The molecule has 0 N–H and O–H groups in total. The highest BCUT2D eigenvalue weighted by molar-refractivity contribution is 5.83. The van der Waals surface area contributed by atoms with Crippen molar-refractivity contribution in [3.8, 4) is 0 Å². The summed E-state index contributed by atoms with van der Waals surface area (Å²) >= 11 is 0. The number of rotatable bonds is 4. The number of carbonyl (C=O) groups excluding carboxylic acids is 1. The molecule has 2 aromatic carbocycles. The normalized spacial score (nSPS) is 13.5. The Morgan fingerprint density at radius 1 is 1.04 bits per heavy atom. The molecule has 1 atom stereocenters. The van der Waals surface area contributed by atoms with Crippen LogP contribution in [0.1, 0.15) is 29.5 Å². The predicted octanol–water partition coefficient (Wildman–Crippen LogP) is 5.25. The molecule has 126 valence electrons. The number of hydrogen-bond acceptors (Lipinski definition) is 2. The molecule has 2 nitrogen and oxygen atoms in total. The van der Waals surface area contributed by atoms with Gasteiger partial charge >= 0.3 is 12.1 Å². The van der Waals surface area contributed by atoms with Crippen molar-refractivity contribution in [2.75, 3.05) is 0 Å². The minimum Gasteiger partial charge on any atom is -0.425 e. The van der Waals surface area contributed by atoms with Crippen molar-refractivity contribution >= 4 is 11.7 Å². The smallest absolute Gasteiger partial charge is 0.413 e. The van der Waals surface area contributed by atoms with E-state index in [2.05, 4.69) is 0 Å². The SMILES string of the molecule is Cc1ccc(/C(=C\C(F)(F)F)OC(=O)C(C)c2ccccc2)cc1. The van der Waals surface area contributed by atoms with E-state index in [0.717, 1.165) is 5.56 Å². The molecule has 0 radical (unpaired) electrons. The van der Waals surface area contributed by atoms with E-state index in [4.69, 9.17) is 4.74 Å². The number of alkyl halides is 3. The van der Waals surface area contributed by atoms with Crippen LogP contribution >= 0.6 is 0 Å². The van der Waals surface area contributed by atoms with Crippen LogP contribution in [0.15, 0.2) is 60.7 Å². The van der Waals surface area contributed by atoms with Gasteiger partial charge in [0.1, 0.15) is 5.76 Å². The fraction of sp³-hybridized carbons (Fsp3) is 0.211. The van der Waals surface area contributed by atoms with E-state index in [1.165, 1.54) is 12.1 Å². The third kappa shape index (κ3) is 4.98. The Morgan fingerprint density at radius 3 is 2.17 bits per heavy atom. The lowest BCUT2D eigenvalue weighted by Crippen LogP contribution is -2.14. The molecular formula is C19H17F3O2. The van der Waals surface area contributed by atoms with Gasteiger partial charge in [-0.1, -0.05) is 60.2 Å². The van der Waals surface area contributed by atoms with Crippen molar-refractivity contribution in [3.05, 3.63) is 77.4 Å². The van der Waals surface area contributed by atoms with E-state index in [0.29, 0.717) is 5.56 Å². The van der Waals surface area contributed by atoms with Crippen molar-refractivity contribution in [1.29, 1.82) is 0 Å². The van der Waals surface area contributed by atoms with Crippen molar-refractivity contribution in [3.63, 3.8) is 0 Å². The largest absolute Gasteiger partial charge is 0.425 e. The zero-order chi connectivity index (χ0) is 17.7. The molecule has 0 saturated heterocycles. The van der Waals surface area contributed by atoms with Crippen molar-refractivity contribution in [1.82, 2.24) is 0 Å². The van der Waals surface area contributed by atoms with Gasteiger partial charge in [-0.3, -0.25) is 4.79 Å². The van der Waals surface area contributed by atoms with Crippen LogP contribution in [0.25, 0.3) is 5.76 Å². The molecule has 2 rings (SSSR count). The second-order valence-electron chi connectivity index (χ2n) is 5.47. The summed E-state index contributed by atoms with van der Waals surface area (Å²) in [5, 5.41) is 0. The van der Waals surface area contributed by atoms with Crippen LogP contribution in [-0.4, -0.2) is 12.1 Å². The number of allylic oxidation sites excluding steroid dienone is 1. The van der Waals surface area contributed by atoms with E-state index in [-0.39, 0.29) is 11.6 Å². The molecule has 0 saturated carbocycles. The molecule has 0 aliphatic carbocycles. The quantitative estimate of drug-likeness (QED) is 0.564. The second kappa shape index (κ2) is 7.34. The highest BCUT2D eigenvalue weighted by Gasteiger charge is 2.28. The minimum atomic E-state index is -4.59. The summed E-state index contributed by atoms with van der Waals surface area (Å²) in [6.07, 6.45) is -4.58. The van der Waals surface area contributed by atoms with Gasteiger partial charge in [-0.2, -0.15) is 13.2 Å². The van der Waals surface area contributed by atoms with Gasteiger partial charge in [0.25, 0.3) is 0 Å². The lowest BCUT2D eigenvalue weighted by Gasteiger charge is -2.15. The highest BCUT2D eigenvalue weighted by Crippen LogP contribution is 2.27. The number of hydrogen-bond donors (Lipinski definition) is 0. The van der Waals surface area contributed by atoms with Gasteiger partial charge in [0.15, 0.2) is 0 Å². The molecule has 0 bridgehead atoms. The molecule has 0 aliphatic rings. The third-order valence-corrected chi connectivity index (χ3v) is 3.49. The Kier molecular flexibility index (Phi) is 5.44. The first kappa shape index (κ1) is 17.8. The predicted molar refractivity (Wildman–Crippen MR) is 86.2 cm³/mol. The van der Waals surface area contributed by atoms with E-state index in [1.807, 2.05) is 6.92 Å². The topological polar surface area (TPSA) is 26.3 Å². The zero-order valence-corrected chi connectivity index (χ0v) is 13.3. The Hall–Kier alpha value is -2.56. The van der Waals surface area contributed by atoms with Crippen LogP contribution in [0, 0.1) is 6.92 Å². The average molecular weight is 334 g/mol. The summed E-state index contributed by atoms with van der Waals surface area (Å²) in [6.45, 7) is 3.42. The van der Waals surface area contributed by atoms with Crippen LogP contribution in [0.4, 0.5) is 13.2 Å². The maximum Gasteiger partial charge on any atom is 0.413 e. The maximum atomic E-state index is 12.8. The molecule has 24 heavy (non-hydrogen) atoms. The van der Waals surface area contributed by atoms with Gasteiger partial charge in [-0.15, -0.1) is 0 Å². The monoisotopic (exact) mass is 334 g/mol. The van der Waals surface area contributed by atoms with Crippen LogP contribution in [0.2, 0.25) is 0 Å². The van der Waals surface area contributed by atoms with Crippen molar-refractivity contribution < 1.29 is 22.7 Å². The maximum absolute atomic E-state index is 12.8. The lowest BCUT2D eigenvalue weighted by molar-refractivity contribution is -0.138. The average Bonchev–Trinajstić information content (AvgIpc) is 2.53. The van der Waals surface area contributed by atoms with Gasteiger partial charge in [0, 0.05) is 5.56 Å². The van der Waals surface area contributed by atoms with Gasteiger partial charge in [0.2, 0.25) is 0 Å². The number of carbonyl (C=O) groups is 1. The summed E-state index contributed by atoms with van der Waals surface area (Å²) in [5.41, 5.74) is 1.78. The van der Waals surface area contributed by atoms with Crippen molar-refractivity contribution in [2.24, 2.45) is 0 Å². The molecule has 0 aromatic heterocycles. The number of benzene rings is 2. The molecule has 0 fully saturated rings. The second-order valence-corrected chi connectivity index (χ2v) is 5.47. The van der Waals surface area contributed by atoms with Gasteiger partial charge in [0.05, 0.1) is 12.0 Å². The first-order chi connectivity index (χ1) is 11.3.